The van der Waals surface area contributed by atoms with E-state index in [9.17, 15) is 5.11 Å². The number of methoxy groups -OCH3 is 1. The predicted molar refractivity (Wildman–Crippen MR) is 111 cm³/mol. The molecular formula is C22H21N3O3. The van der Waals surface area contributed by atoms with Crippen LogP contribution in [0.5, 0.6) is 17.2 Å². The number of ether oxygens (including phenoxy) is 2. The summed E-state index contributed by atoms with van der Waals surface area (Å²) in [5.41, 5.74) is 3.67. The van der Waals surface area contributed by atoms with Crippen molar-refractivity contribution < 1.29 is 14.6 Å². The minimum Gasteiger partial charge on any atom is -0.504 e. The zero-order valence-electron chi connectivity index (χ0n) is 15.7. The highest BCUT2D eigenvalue weighted by molar-refractivity contribution is 5.95. The molecule has 0 saturated heterocycles. The Morgan fingerprint density at radius 2 is 1.93 bits per heavy atom. The first-order valence-corrected chi connectivity index (χ1v) is 9.03. The van der Waals surface area contributed by atoms with E-state index in [0.717, 1.165) is 33.6 Å². The SMILES string of the molecule is CCOc1cc(Nc2nccc3[nH]c(-c4ccccc4OC)cc23)ccc1O. The summed E-state index contributed by atoms with van der Waals surface area (Å²) >= 11 is 0. The van der Waals surface area contributed by atoms with Crippen molar-refractivity contribution in [3.8, 4) is 28.5 Å². The summed E-state index contributed by atoms with van der Waals surface area (Å²) in [6.45, 7) is 2.35. The second kappa shape index (κ2) is 7.52. The van der Waals surface area contributed by atoms with E-state index in [0.29, 0.717) is 18.2 Å². The Morgan fingerprint density at radius 3 is 2.75 bits per heavy atom. The van der Waals surface area contributed by atoms with Gasteiger partial charge in [-0.2, -0.15) is 0 Å². The molecule has 6 nitrogen and oxygen atoms in total. The Labute approximate surface area is 162 Å². The van der Waals surface area contributed by atoms with Gasteiger partial charge in [0.25, 0.3) is 0 Å². The summed E-state index contributed by atoms with van der Waals surface area (Å²) in [6, 6.07) is 17.0. The molecule has 0 aliphatic heterocycles. The van der Waals surface area contributed by atoms with Crippen LogP contribution < -0.4 is 14.8 Å². The number of benzene rings is 2. The number of aromatic nitrogens is 2. The van der Waals surface area contributed by atoms with E-state index < -0.39 is 0 Å². The van der Waals surface area contributed by atoms with E-state index >= 15 is 0 Å². The van der Waals surface area contributed by atoms with Crippen LogP contribution in [0.25, 0.3) is 22.2 Å². The van der Waals surface area contributed by atoms with Gasteiger partial charge in [0.05, 0.1) is 24.9 Å². The summed E-state index contributed by atoms with van der Waals surface area (Å²) in [5.74, 6) is 2.06. The van der Waals surface area contributed by atoms with Crippen LogP contribution in [-0.2, 0) is 0 Å². The number of fused-ring (bicyclic) bond motifs is 1. The standard InChI is InChI=1S/C22H21N3O3/c1-3-28-21-12-14(8-9-19(21)26)24-22-16-13-18(25-17(16)10-11-23-22)15-6-4-5-7-20(15)27-2/h4-13,25-26H,3H2,1-2H3,(H,23,24). The lowest BCUT2D eigenvalue weighted by molar-refractivity contribution is 0.318. The van der Waals surface area contributed by atoms with Gasteiger partial charge in [-0.3, -0.25) is 0 Å². The Bertz CT molecular complexity index is 1120. The van der Waals surface area contributed by atoms with Gasteiger partial charge in [0, 0.05) is 28.9 Å². The van der Waals surface area contributed by atoms with Gasteiger partial charge in [-0.05, 0) is 43.3 Å². The predicted octanol–water partition coefficient (Wildman–Crippen LogP) is 5.09. The van der Waals surface area contributed by atoms with Gasteiger partial charge in [0.1, 0.15) is 11.6 Å². The molecular weight excluding hydrogens is 354 g/mol. The molecule has 0 spiro atoms. The second-order valence-corrected chi connectivity index (χ2v) is 6.24. The van der Waals surface area contributed by atoms with Crippen molar-refractivity contribution in [2.24, 2.45) is 0 Å². The second-order valence-electron chi connectivity index (χ2n) is 6.24. The van der Waals surface area contributed by atoms with Crippen LogP contribution in [0.3, 0.4) is 0 Å². The quantitative estimate of drug-likeness (QED) is 0.409. The van der Waals surface area contributed by atoms with Crippen LogP contribution in [-0.4, -0.2) is 28.8 Å². The van der Waals surface area contributed by atoms with E-state index in [-0.39, 0.29) is 5.75 Å². The Balaban J connectivity index is 1.73. The van der Waals surface area contributed by atoms with Gasteiger partial charge in [-0.1, -0.05) is 12.1 Å². The Morgan fingerprint density at radius 1 is 1.07 bits per heavy atom. The highest BCUT2D eigenvalue weighted by atomic mass is 16.5. The number of anilines is 2. The molecule has 2 heterocycles. The number of pyridine rings is 1. The van der Waals surface area contributed by atoms with E-state index in [1.54, 1.807) is 31.5 Å². The van der Waals surface area contributed by atoms with Gasteiger partial charge >= 0.3 is 0 Å². The molecule has 0 aliphatic rings. The molecule has 3 N–H and O–H groups in total. The third-order valence-electron chi connectivity index (χ3n) is 4.47. The highest BCUT2D eigenvalue weighted by Gasteiger charge is 2.12. The van der Waals surface area contributed by atoms with Gasteiger partial charge in [0.2, 0.25) is 0 Å². The van der Waals surface area contributed by atoms with E-state index in [4.69, 9.17) is 9.47 Å². The molecule has 2 aromatic heterocycles. The molecule has 0 atom stereocenters. The van der Waals surface area contributed by atoms with Crippen LogP contribution >= 0.6 is 0 Å². The van der Waals surface area contributed by atoms with Crippen molar-refractivity contribution in [3.05, 3.63) is 60.8 Å². The van der Waals surface area contributed by atoms with Crippen LogP contribution in [0.4, 0.5) is 11.5 Å². The van der Waals surface area contributed by atoms with Gasteiger partial charge in [-0.25, -0.2) is 4.98 Å². The monoisotopic (exact) mass is 375 g/mol. The lowest BCUT2D eigenvalue weighted by atomic mass is 10.1. The third-order valence-corrected chi connectivity index (χ3v) is 4.47. The van der Waals surface area contributed by atoms with Crippen molar-refractivity contribution >= 4 is 22.4 Å². The van der Waals surface area contributed by atoms with Crippen molar-refractivity contribution in [2.75, 3.05) is 19.0 Å². The molecule has 0 unspecified atom stereocenters. The van der Waals surface area contributed by atoms with Gasteiger partial charge in [0.15, 0.2) is 11.5 Å². The molecule has 0 bridgehead atoms. The number of hydrogen-bond acceptors (Lipinski definition) is 5. The van der Waals surface area contributed by atoms with Crippen molar-refractivity contribution in [3.63, 3.8) is 0 Å². The maximum absolute atomic E-state index is 9.90. The van der Waals surface area contributed by atoms with E-state index in [1.807, 2.05) is 43.3 Å². The maximum atomic E-state index is 9.90. The maximum Gasteiger partial charge on any atom is 0.162 e. The van der Waals surface area contributed by atoms with Crippen LogP contribution in [0.2, 0.25) is 0 Å². The molecule has 6 heteroatoms. The van der Waals surface area contributed by atoms with E-state index in [2.05, 4.69) is 15.3 Å². The fourth-order valence-electron chi connectivity index (χ4n) is 3.17. The number of phenolic OH excluding ortho intramolecular Hbond substituents is 1. The number of H-pyrrole nitrogens is 1. The molecule has 4 aromatic rings. The Hall–Kier alpha value is -3.67. The lowest BCUT2D eigenvalue weighted by Crippen LogP contribution is -1.96. The number of aromatic hydroxyl groups is 1. The number of nitrogens with one attached hydrogen (secondary N) is 2. The van der Waals surface area contributed by atoms with Gasteiger partial charge < -0.3 is 24.9 Å². The normalized spacial score (nSPS) is 10.8. The van der Waals surface area contributed by atoms with Crippen LogP contribution in [0, 0.1) is 0 Å². The molecule has 0 radical (unpaired) electrons. The lowest BCUT2D eigenvalue weighted by Gasteiger charge is -2.10. The fraction of sp³-hybridized carbons (Fsp3) is 0.136. The molecule has 2 aromatic carbocycles. The first-order chi connectivity index (χ1) is 13.7. The number of rotatable bonds is 6. The summed E-state index contributed by atoms with van der Waals surface area (Å²) in [6.07, 6.45) is 1.75. The molecule has 0 aliphatic carbocycles. The summed E-state index contributed by atoms with van der Waals surface area (Å²) in [4.78, 5) is 7.91. The largest absolute Gasteiger partial charge is 0.504 e. The first-order valence-electron chi connectivity index (χ1n) is 9.03. The highest BCUT2D eigenvalue weighted by Crippen LogP contribution is 2.35. The molecule has 0 fully saturated rings. The number of hydrogen-bond donors (Lipinski definition) is 3. The number of aromatic amines is 1. The zero-order chi connectivity index (χ0) is 19.5. The number of phenols is 1. The van der Waals surface area contributed by atoms with Crippen LogP contribution in [0.1, 0.15) is 6.92 Å². The molecule has 0 amide bonds. The number of para-hydroxylation sites is 1. The summed E-state index contributed by atoms with van der Waals surface area (Å²) in [7, 11) is 1.66. The minimum absolute atomic E-state index is 0.110. The van der Waals surface area contributed by atoms with Crippen LogP contribution in [0.15, 0.2) is 60.8 Å². The topological polar surface area (TPSA) is 79.4 Å². The molecule has 28 heavy (non-hydrogen) atoms. The molecule has 4 rings (SSSR count). The molecule has 142 valence electrons. The Kier molecular flexibility index (Phi) is 4.76. The smallest absolute Gasteiger partial charge is 0.162 e. The number of nitrogens with zero attached hydrogens (tertiary/aromatic N) is 1. The summed E-state index contributed by atoms with van der Waals surface area (Å²) < 4.78 is 10.9. The fourth-order valence-corrected chi connectivity index (χ4v) is 3.17. The van der Waals surface area contributed by atoms with E-state index in [1.165, 1.54) is 0 Å². The molecule has 0 saturated carbocycles. The summed E-state index contributed by atoms with van der Waals surface area (Å²) in [5, 5.41) is 14.2. The zero-order valence-corrected chi connectivity index (χ0v) is 15.7. The van der Waals surface area contributed by atoms with Crippen molar-refractivity contribution in [2.45, 2.75) is 6.92 Å². The average Bonchev–Trinajstić information content (AvgIpc) is 3.16. The van der Waals surface area contributed by atoms with Crippen molar-refractivity contribution in [1.29, 1.82) is 0 Å². The average molecular weight is 375 g/mol. The third kappa shape index (κ3) is 3.32. The first kappa shape index (κ1) is 17.7. The van der Waals surface area contributed by atoms with Gasteiger partial charge in [-0.15, -0.1) is 0 Å². The minimum atomic E-state index is 0.110. The van der Waals surface area contributed by atoms with Crippen molar-refractivity contribution in [1.82, 2.24) is 9.97 Å².